The molecule has 29 heavy (non-hydrogen) atoms. The monoisotopic (exact) mass is 398 g/mol. The van der Waals surface area contributed by atoms with Crippen LogP contribution >= 0.6 is 0 Å². The maximum atomic E-state index is 14.0. The fourth-order valence-corrected chi connectivity index (χ4v) is 4.00. The Hall–Kier alpha value is -3.07. The number of fused-ring (bicyclic) bond motifs is 5. The van der Waals surface area contributed by atoms with Crippen LogP contribution in [0.5, 0.6) is 0 Å². The summed E-state index contributed by atoms with van der Waals surface area (Å²) in [4.78, 5) is 26.4. The Kier molecular flexibility index (Phi) is 4.02. The van der Waals surface area contributed by atoms with Gasteiger partial charge in [0.15, 0.2) is 17.3 Å². The molecule has 1 aromatic carbocycles. The van der Waals surface area contributed by atoms with Gasteiger partial charge in [-0.05, 0) is 32.1 Å². The van der Waals surface area contributed by atoms with Gasteiger partial charge in [0, 0.05) is 38.8 Å². The summed E-state index contributed by atoms with van der Waals surface area (Å²) in [5, 5.41) is 0. The molecule has 0 aliphatic carbocycles. The van der Waals surface area contributed by atoms with Crippen LogP contribution < -0.4 is 10.5 Å². The van der Waals surface area contributed by atoms with E-state index in [-0.39, 0.29) is 16.7 Å². The van der Waals surface area contributed by atoms with Crippen molar-refractivity contribution in [3.63, 3.8) is 0 Å². The zero-order chi connectivity index (χ0) is 20.3. The van der Waals surface area contributed by atoms with Crippen molar-refractivity contribution in [1.29, 1.82) is 0 Å². The van der Waals surface area contributed by atoms with E-state index in [1.807, 2.05) is 12.1 Å². The van der Waals surface area contributed by atoms with Gasteiger partial charge in [-0.15, -0.1) is 0 Å². The van der Waals surface area contributed by atoms with Crippen molar-refractivity contribution in [3.05, 3.63) is 46.3 Å². The van der Waals surface area contributed by atoms with Gasteiger partial charge in [-0.2, -0.15) is 0 Å². The average Bonchev–Trinajstić information content (AvgIpc) is 2.92. The minimum absolute atomic E-state index is 0.0975. The second-order valence-electron chi connectivity index (χ2n) is 7.55. The molecule has 0 N–H and O–H groups in total. The minimum Gasteiger partial charge on any atom is -0.355 e. The van der Waals surface area contributed by atoms with Crippen LogP contribution in [-0.2, 0) is 7.05 Å². The van der Waals surface area contributed by atoms with Crippen molar-refractivity contribution < 1.29 is 8.78 Å². The fraction of sp³-hybridized carbons (Fsp3) is 0.350. The van der Waals surface area contributed by atoms with E-state index in [1.165, 1.54) is 8.97 Å². The molecule has 4 heterocycles. The molecule has 0 unspecified atom stereocenters. The number of hydrogen-bond acceptors (Lipinski definition) is 5. The van der Waals surface area contributed by atoms with Gasteiger partial charge in [0.1, 0.15) is 5.82 Å². The molecule has 1 saturated heterocycles. The van der Waals surface area contributed by atoms with Gasteiger partial charge in [-0.1, -0.05) is 0 Å². The Morgan fingerprint density at radius 3 is 2.52 bits per heavy atom. The van der Waals surface area contributed by atoms with Gasteiger partial charge in [-0.3, -0.25) is 9.20 Å². The average molecular weight is 398 g/mol. The number of likely N-dealkylation sites (N-methyl/N-ethyl adjacent to an activating group) is 1. The smallest absolute Gasteiger partial charge is 0.294 e. The number of halogens is 2. The lowest BCUT2D eigenvalue weighted by atomic mass is 10.3. The molecular weight excluding hydrogens is 378 g/mol. The molecule has 5 rings (SSSR count). The highest BCUT2D eigenvalue weighted by Crippen LogP contribution is 2.24. The highest BCUT2D eigenvalue weighted by Gasteiger charge is 2.19. The summed E-state index contributed by atoms with van der Waals surface area (Å²) in [5.41, 5.74) is 1.38. The number of hydrogen-bond donors (Lipinski definition) is 0. The third-order valence-corrected chi connectivity index (χ3v) is 5.65. The second kappa shape index (κ2) is 6.48. The summed E-state index contributed by atoms with van der Waals surface area (Å²) in [6.45, 7) is 3.68. The molecule has 0 amide bonds. The Labute approximate surface area is 164 Å². The lowest BCUT2D eigenvalue weighted by molar-refractivity contribution is 0.360. The maximum absolute atomic E-state index is 14.0. The molecule has 1 fully saturated rings. The first kappa shape index (κ1) is 18.0. The number of anilines is 1. The molecule has 0 atom stereocenters. The van der Waals surface area contributed by atoms with Crippen molar-refractivity contribution >= 4 is 33.7 Å². The fourth-order valence-electron chi connectivity index (χ4n) is 4.00. The number of aromatic nitrogens is 4. The molecule has 1 aliphatic rings. The summed E-state index contributed by atoms with van der Waals surface area (Å²) in [7, 11) is 3.75. The van der Waals surface area contributed by atoms with Gasteiger partial charge in [0.05, 0.1) is 16.6 Å². The lowest BCUT2D eigenvalue weighted by Gasteiger charge is -2.22. The van der Waals surface area contributed by atoms with Crippen molar-refractivity contribution in [2.45, 2.75) is 6.42 Å². The predicted octanol–water partition coefficient (Wildman–Crippen LogP) is 2.15. The first-order valence-corrected chi connectivity index (χ1v) is 9.54. The Morgan fingerprint density at radius 2 is 1.69 bits per heavy atom. The van der Waals surface area contributed by atoms with Crippen molar-refractivity contribution in [2.24, 2.45) is 7.05 Å². The van der Waals surface area contributed by atoms with Gasteiger partial charge in [0.25, 0.3) is 5.56 Å². The van der Waals surface area contributed by atoms with Crippen molar-refractivity contribution in [2.75, 3.05) is 38.1 Å². The highest BCUT2D eigenvalue weighted by atomic mass is 19.2. The molecule has 0 radical (unpaired) electrons. The van der Waals surface area contributed by atoms with Gasteiger partial charge >= 0.3 is 0 Å². The summed E-state index contributed by atoms with van der Waals surface area (Å²) in [6.07, 6.45) is 1.03. The molecule has 4 aromatic rings. The summed E-state index contributed by atoms with van der Waals surface area (Å²) < 4.78 is 30.7. The standard InChI is InChI=1S/C20H20F2N6O/c1-25-6-3-7-27(9-8-25)17-5-4-15-18(24-17)28-16-11-13(22)12(21)10-14(16)23-19(28)20(29)26(15)2/h4-5,10-11H,3,6-9H2,1-2H3. The quantitative estimate of drug-likeness (QED) is 0.492. The minimum atomic E-state index is -0.996. The number of nitrogens with zero attached hydrogens (tertiary/aromatic N) is 6. The molecular formula is C20H20F2N6O. The first-order chi connectivity index (χ1) is 13.9. The van der Waals surface area contributed by atoms with E-state index in [4.69, 9.17) is 4.98 Å². The normalized spacial score (nSPS) is 16.2. The Morgan fingerprint density at radius 1 is 0.897 bits per heavy atom. The Bertz CT molecular complexity index is 1330. The van der Waals surface area contributed by atoms with Crippen LogP contribution in [0.4, 0.5) is 14.6 Å². The van der Waals surface area contributed by atoms with E-state index in [2.05, 4.69) is 21.8 Å². The van der Waals surface area contributed by atoms with E-state index in [1.54, 1.807) is 7.05 Å². The van der Waals surface area contributed by atoms with Crippen LogP contribution in [0, 0.1) is 11.6 Å². The van der Waals surface area contributed by atoms with Gasteiger partial charge in [0.2, 0.25) is 5.65 Å². The molecule has 7 nitrogen and oxygen atoms in total. The number of pyridine rings is 1. The molecule has 0 saturated carbocycles. The van der Waals surface area contributed by atoms with E-state index in [0.717, 1.165) is 50.6 Å². The van der Waals surface area contributed by atoms with Crippen LogP contribution in [0.15, 0.2) is 29.1 Å². The molecule has 1 aliphatic heterocycles. The SMILES string of the molecule is CN1CCCN(c2ccc3c(n2)n2c(nc4cc(F)c(F)cc42)c(=O)n3C)CC1. The Balaban J connectivity index is 1.81. The van der Waals surface area contributed by atoms with Crippen molar-refractivity contribution in [1.82, 2.24) is 23.8 Å². The second-order valence-corrected chi connectivity index (χ2v) is 7.55. The number of rotatable bonds is 1. The van der Waals surface area contributed by atoms with E-state index in [0.29, 0.717) is 16.7 Å². The van der Waals surface area contributed by atoms with Crippen LogP contribution in [-0.4, -0.2) is 57.1 Å². The van der Waals surface area contributed by atoms with Crippen LogP contribution in [0.1, 0.15) is 6.42 Å². The van der Waals surface area contributed by atoms with Crippen LogP contribution in [0.2, 0.25) is 0 Å². The van der Waals surface area contributed by atoms with Gasteiger partial charge < -0.3 is 14.4 Å². The topological polar surface area (TPSA) is 58.7 Å². The molecule has 3 aromatic heterocycles. The summed E-state index contributed by atoms with van der Waals surface area (Å²) in [6, 6.07) is 5.83. The molecule has 150 valence electrons. The molecule has 0 bridgehead atoms. The number of aryl methyl sites for hydroxylation is 1. The number of benzene rings is 1. The maximum Gasteiger partial charge on any atom is 0.294 e. The van der Waals surface area contributed by atoms with Gasteiger partial charge in [-0.25, -0.2) is 18.7 Å². The number of imidazole rings is 1. The third kappa shape index (κ3) is 2.76. The van der Waals surface area contributed by atoms with E-state index in [9.17, 15) is 13.6 Å². The molecule has 9 heteroatoms. The van der Waals surface area contributed by atoms with Crippen LogP contribution in [0.3, 0.4) is 0 Å². The predicted molar refractivity (Wildman–Crippen MR) is 107 cm³/mol. The summed E-state index contributed by atoms with van der Waals surface area (Å²) >= 11 is 0. The zero-order valence-corrected chi connectivity index (χ0v) is 16.2. The first-order valence-electron chi connectivity index (χ1n) is 9.54. The zero-order valence-electron chi connectivity index (χ0n) is 16.2. The highest BCUT2D eigenvalue weighted by molar-refractivity contribution is 5.87. The van der Waals surface area contributed by atoms with E-state index < -0.39 is 11.6 Å². The van der Waals surface area contributed by atoms with Crippen molar-refractivity contribution in [3.8, 4) is 0 Å². The summed E-state index contributed by atoms with van der Waals surface area (Å²) in [5.74, 6) is -1.19. The lowest BCUT2D eigenvalue weighted by Crippen LogP contribution is -2.29. The largest absolute Gasteiger partial charge is 0.355 e. The van der Waals surface area contributed by atoms with E-state index >= 15 is 0 Å². The van der Waals surface area contributed by atoms with Crippen LogP contribution in [0.25, 0.3) is 27.8 Å². The molecule has 0 spiro atoms. The third-order valence-electron chi connectivity index (χ3n) is 5.65.